The molecule has 0 saturated carbocycles. The molecule has 7 nitrogen and oxygen atoms in total. The zero-order valence-electron chi connectivity index (χ0n) is 14.2. The Kier molecular flexibility index (Phi) is 6.36. The van der Waals surface area contributed by atoms with E-state index in [4.69, 9.17) is 4.74 Å². The lowest BCUT2D eigenvalue weighted by Gasteiger charge is -2.12. The number of ether oxygens (including phenoxy) is 1. The topological polar surface area (TPSA) is 97.4 Å². The van der Waals surface area contributed by atoms with Crippen molar-refractivity contribution in [3.05, 3.63) is 46.4 Å². The van der Waals surface area contributed by atoms with Gasteiger partial charge in [-0.3, -0.25) is 4.79 Å². The average Bonchev–Trinajstić information content (AvgIpc) is 3.34. The van der Waals surface area contributed by atoms with Gasteiger partial charge in [-0.15, -0.1) is 11.3 Å². The first-order valence-corrected chi connectivity index (χ1v) is 10.8. The molecule has 9 heteroatoms. The van der Waals surface area contributed by atoms with E-state index in [2.05, 4.69) is 15.0 Å². The van der Waals surface area contributed by atoms with Gasteiger partial charge in [-0.25, -0.2) is 18.1 Å². The minimum absolute atomic E-state index is 0.0719. The van der Waals surface area contributed by atoms with Crippen molar-refractivity contribution < 1.29 is 17.9 Å². The van der Waals surface area contributed by atoms with Crippen molar-refractivity contribution in [2.24, 2.45) is 0 Å². The van der Waals surface area contributed by atoms with Crippen LogP contribution in [0, 0.1) is 0 Å². The summed E-state index contributed by atoms with van der Waals surface area (Å²) in [4.78, 5) is 16.5. The highest BCUT2D eigenvalue weighted by Crippen LogP contribution is 2.14. The Morgan fingerprint density at radius 2 is 2.27 bits per heavy atom. The van der Waals surface area contributed by atoms with Gasteiger partial charge < -0.3 is 10.1 Å². The second-order valence-electron chi connectivity index (χ2n) is 6.00. The zero-order valence-corrected chi connectivity index (χ0v) is 15.8. The molecule has 0 aliphatic carbocycles. The fourth-order valence-corrected chi connectivity index (χ4v) is 4.37. The van der Waals surface area contributed by atoms with Crippen molar-refractivity contribution in [1.29, 1.82) is 0 Å². The molecule has 1 fully saturated rings. The predicted molar refractivity (Wildman–Crippen MR) is 98.8 cm³/mol. The third kappa shape index (κ3) is 5.10. The molecule has 1 amide bonds. The number of aromatic nitrogens is 1. The largest absolute Gasteiger partial charge is 0.377 e. The van der Waals surface area contributed by atoms with E-state index >= 15 is 0 Å². The van der Waals surface area contributed by atoms with E-state index in [-0.39, 0.29) is 23.5 Å². The number of sulfonamides is 1. The zero-order chi connectivity index (χ0) is 18.4. The highest BCUT2D eigenvalue weighted by Gasteiger charge is 2.21. The van der Waals surface area contributed by atoms with Crippen LogP contribution in [0.1, 0.15) is 28.9 Å². The molecule has 2 heterocycles. The summed E-state index contributed by atoms with van der Waals surface area (Å²) in [6.45, 7) is 1.35. The number of carbonyl (C=O) groups excluding carboxylic acids is 1. The van der Waals surface area contributed by atoms with Crippen LogP contribution in [0.25, 0.3) is 0 Å². The van der Waals surface area contributed by atoms with Gasteiger partial charge in [-0.05, 0) is 31.0 Å². The molecule has 2 aromatic rings. The van der Waals surface area contributed by atoms with Crippen LogP contribution in [0.5, 0.6) is 0 Å². The van der Waals surface area contributed by atoms with Crippen LogP contribution in [0.3, 0.4) is 0 Å². The van der Waals surface area contributed by atoms with Crippen LogP contribution in [0.2, 0.25) is 0 Å². The second-order valence-corrected chi connectivity index (χ2v) is 8.49. The number of rotatable bonds is 8. The lowest BCUT2D eigenvalue weighted by molar-refractivity contribution is 0.0954. The molecule has 140 valence electrons. The van der Waals surface area contributed by atoms with Crippen molar-refractivity contribution >= 4 is 27.3 Å². The SMILES string of the molecule is O=C(NCCc1cscn1)c1cccc(S(=O)(=O)NC[C@@H]2CCCO2)c1. The van der Waals surface area contributed by atoms with Gasteiger partial charge in [0, 0.05) is 37.1 Å². The van der Waals surface area contributed by atoms with E-state index in [1.807, 2.05) is 5.38 Å². The molecule has 1 atom stereocenters. The fourth-order valence-electron chi connectivity index (χ4n) is 2.66. The van der Waals surface area contributed by atoms with Crippen LogP contribution in [-0.2, 0) is 21.2 Å². The number of nitrogens with one attached hydrogen (secondary N) is 2. The van der Waals surface area contributed by atoms with Gasteiger partial charge in [0.25, 0.3) is 5.91 Å². The molecule has 3 rings (SSSR count). The Morgan fingerprint density at radius 1 is 1.38 bits per heavy atom. The molecular weight excluding hydrogens is 374 g/mol. The van der Waals surface area contributed by atoms with Crippen LogP contribution in [-0.4, -0.2) is 45.1 Å². The molecule has 0 unspecified atom stereocenters. The maximum Gasteiger partial charge on any atom is 0.251 e. The van der Waals surface area contributed by atoms with Gasteiger partial charge in [0.2, 0.25) is 10.0 Å². The quantitative estimate of drug-likeness (QED) is 0.707. The number of hydrogen-bond acceptors (Lipinski definition) is 6. The smallest absolute Gasteiger partial charge is 0.251 e. The van der Waals surface area contributed by atoms with Crippen molar-refractivity contribution in [3.63, 3.8) is 0 Å². The lowest BCUT2D eigenvalue weighted by Crippen LogP contribution is -2.32. The Balaban J connectivity index is 1.58. The summed E-state index contributed by atoms with van der Waals surface area (Å²) in [6, 6.07) is 6.02. The summed E-state index contributed by atoms with van der Waals surface area (Å²) < 4.78 is 32.8. The number of benzene rings is 1. The van der Waals surface area contributed by atoms with Crippen LogP contribution < -0.4 is 10.0 Å². The van der Waals surface area contributed by atoms with Crippen LogP contribution in [0.4, 0.5) is 0 Å². The summed E-state index contributed by atoms with van der Waals surface area (Å²) in [5.74, 6) is -0.309. The fraction of sp³-hybridized carbons (Fsp3) is 0.412. The number of amides is 1. The normalized spacial score (nSPS) is 17.3. The first kappa shape index (κ1) is 19.0. The van der Waals surface area contributed by atoms with Gasteiger partial charge in [0.05, 0.1) is 22.2 Å². The van der Waals surface area contributed by atoms with Gasteiger partial charge in [-0.1, -0.05) is 6.07 Å². The van der Waals surface area contributed by atoms with E-state index in [1.165, 1.54) is 23.5 Å². The Morgan fingerprint density at radius 3 is 3.00 bits per heavy atom. The lowest BCUT2D eigenvalue weighted by atomic mass is 10.2. The van der Waals surface area contributed by atoms with Crippen LogP contribution in [0.15, 0.2) is 40.1 Å². The van der Waals surface area contributed by atoms with E-state index in [1.54, 1.807) is 17.6 Å². The predicted octanol–water partition coefficient (Wildman–Crippen LogP) is 1.57. The van der Waals surface area contributed by atoms with E-state index in [0.29, 0.717) is 25.1 Å². The molecular formula is C17H21N3O4S2. The maximum absolute atomic E-state index is 12.4. The van der Waals surface area contributed by atoms with Crippen molar-refractivity contribution in [2.45, 2.75) is 30.3 Å². The molecule has 26 heavy (non-hydrogen) atoms. The number of thiazole rings is 1. The summed E-state index contributed by atoms with van der Waals surface area (Å²) in [5, 5.41) is 4.71. The highest BCUT2D eigenvalue weighted by atomic mass is 32.2. The summed E-state index contributed by atoms with van der Waals surface area (Å²) in [7, 11) is -3.68. The Hall–Kier alpha value is -1.81. The second kappa shape index (κ2) is 8.72. The minimum Gasteiger partial charge on any atom is -0.377 e. The third-order valence-corrected chi connectivity index (χ3v) is 6.14. The molecule has 1 aromatic heterocycles. The molecule has 1 saturated heterocycles. The number of carbonyl (C=O) groups is 1. The standard InChI is InChI=1S/C17H21N3O4S2/c21-17(18-7-6-14-11-25-12-19-14)13-3-1-5-16(9-13)26(22,23)20-10-15-4-2-8-24-15/h1,3,5,9,11-12,15,20H,2,4,6-8,10H2,(H,18,21)/t15-/m0/s1. The summed E-state index contributed by atoms with van der Waals surface area (Å²) in [6.07, 6.45) is 2.35. The molecule has 1 aliphatic rings. The van der Waals surface area contributed by atoms with Gasteiger partial charge in [-0.2, -0.15) is 0 Å². The maximum atomic E-state index is 12.4. The third-order valence-electron chi connectivity index (χ3n) is 4.08. The molecule has 0 spiro atoms. The number of nitrogens with zero attached hydrogens (tertiary/aromatic N) is 1. The molecule has 1 aliphatic heterocycles. The van der Waals surface area contributed by atoms with Crippen LogP contribution >= 0.6 is 11.3 Å². The van der Waals surface area contributed by atoms with Gasteiger partial charge in [0.1, 0.15) is 0 Å². The average molecular weight is 396 g/mol. The van der Waals surface area contributed by atoms with Gasteiger partial charge in [0.15, 0.2) is 0 Å². The molecule has 2 N–H and O–H groups in total. The minimum atomic E-state index is -3.68. The van der Waals surface area contributed by atoms with Gasteiger partial charge >= 0.3 is 0 Å². The molecule has 0 radical (unpaired) electrons. The highest BCUT2D eigenvalue weighted by molar-refractivity contribution is 7.89. The van der Waals surface area contributed by atoms with E-state index < -0.39 is 10.0 Å². The van der Waals surface area contributed by atoms with Crippen molar-refractivity contribution in [3.8, 4) is 0 Å². The number of hydrogen-bond donors (Lipinski definition) is 2. The summed E-state index contributed by atoms with van der Waals surface area (Å²) in [5.41, 5.74) is 2.97. The Labute approximate surface area is 156 Å². The van der Waals surface area contributed by atoms with E-state index in [0.717, 1.165) is 18.5 Å². The van der Waals surface area contributed by atoms with Crippen molar-refractivity contribution in [2.75, 3.05) is 19.7 Å². The Bertz CT molecular complexity index is 831. The first-order chi connectivity index (χ1) is 12.5. The molecule has 0 bridgehead atoms. The monoisotopic (exact) mass is 395 g/mol. The van der Waals surface area contributed by atoms with Crippen molar-refractivity contribution in [1.82, 2.24) is 15.0 Å². The summed E-state index contributed by atoms with van der Waals surface area (Å²) >= 11 is 1.51. The van der Waals surface area contributed by atoms with E-state index in [9.17, 15) is 13.2 Å². The first-order valence-electron chi connectivity index (χ1n) is 8.41. The molecule has 1 aromatic carbocycles.